The molecule has 20 heavy (non-hydrogen) atoms. The van der Waals surface area contributed by atoms with E-state index in [1.54, 1.807) is 6.07 Å². The third-order valence-corrected chi connectivity index (χ3v) is 3.99. The molecule has 1 nitrogen and oxygen atoms in total. The maximum Gasteiger partial charge on any atom is 0.127 e. The van der Waals surface area contributed by atoms with Crippen molar-refractivity contribution in [2.45, 2.75) is 33.4 Å². The molecule has 0 aliphatic rings. The lowest BCUT2D eigenvalue weighted by atomic mass is 10.00. The van der Waals surface area contributed by atoms with E-state index in [1.807, 2.05) is 6.07 Å². The van der Waals surface area contributed by atoms with Crippen LogP contribution in [0.5, 0.6) is 0 Å². The molecule has 0 aromatic heterocycles. The van der Waals surface area contributed by atoms with Gasteiger partial charge in [0, 0.05) is 22.6 Å². The van der Waals surface area contributed by atoms with E-state index in [9.17, 15) is 4.39 Å². The summed E-state index contributed by atoms with van der Waals surface area (Å²) >= 11 is 3.37. The fourth-order valence-electron chi connectivity index (χ4n) is 2.36. The third-order valence-electron chi connectivity index (χ3n) is 3.50. The van der Waals surface area contributed by atoms with E-state index in [4.69, 9.17) is 0 Å². The molecule has 1 unspecified atom stereocenters. The Labute approximate surface area is 128 Å². The molecule has 0 aliphatic carbocycles. The summed E-state index contributed by atoms with van der Waals surface area (Å²) in [4.78, 5) is 0. The molecule has 0 fully saturated rings. The summed E-state index contributed by atoms with van der Waals surface area (Å²) in [5.41, 5.74) is 4.46. The average molecular weight is 336 g/mol. The predicted molar refractivity (Wildman–Crippen MR) is 85.3 cm³/mol. The van der Waals surface area contributed by atoms with Crippen LogP contribution in [0, 0.1) is 19.7 Å². The number of nitrogens with one attached hydrogen (secondary N) is 1. The molecule has 1 N–H and O–H groups in total. The van der Waals surface area contributed by atoms with E-state index >= 15 is 0 Å². The van der Waals surface area contributed by atoms with Crippen molar-refractivity contribution in [1.29, 1.82) is 0 Å². The van der Waals surface area contributed by atoms with Gasteiger partial charge in [-0.2, -0.15) is 0 Å². The van der Waals surface area contributed by atoms with Crippen molar-refractivity contribution in [1.82, 2.24) is 5.32 Å². The van der Waals surface area contributed by atoms with Gasteiger partial charge in [-0.3, -0.25) is 0 Å². The number of rotatable bonds is 4. The molecule has 0 saturated heterocycles. The quantitative estimate of drug-likeness (QED) is 0.823. The van der Waals surface area contributed by atoms with Crippen LogP contribution in [0.25, 0.3) is 0 Å². The number of halogens is 2. The van der Waals surface area contributed by atoms with E-state index in [2.05, 4.69) is 60.2 Å². The van der Waals surface area contributed by atoms with Gasteiger partial charge in [0.1, 0.15) is 5.82 Å². The Morgan fingerprint density at radius 3 is 2.60 bits per heavy atom. The first-order valence-corrected chi connectivity index (χ1v) is 7.51. The molecule has 106 valence electrons. The highest BCUT2D eigenvalue weighted by molar-refractivity contribution is 9.10. The van der Waals surface area contributed by atoms with Gasteiger partial charge < -0.3 is 5.32 Å². The highest BCUT2D eigenvalue weighted by atomic mass is 79.9. The first-order valence-electron chi connectivity index (χ1n) is 6.72. The smallest absolute Gasteiger partial charge is 0.127 e. The van der Waals surface area contributed by atoms with Crippen LogP contribution < -0.4 is 5.32 Å². The van der Waals surface area contributed by atoms with Crippen molar-refractivity contribution in [3.63, 3.8) is 0 Å². The lowest BCUT2D eigenvalue weighted by Crippen LogP contribution is -2.19. The zero-order valence-corrected chi connectivity index (χ0v) is 13.6. The van der Waals surface area contributed by atoms with Crippen molar-refractivity contribution in [2.75, 3.05) is 0 Å². The van der Waals surface area contributed by atoms with Crippen LogP contribution in [0.1, 0.15) is 35.2 Å². The minimum absolute atomic E-state index is 0.173. The van der Waals surface area contributed by atoms with E-state index in [1.165, 1.54) is 22.8 Å². The highest BCUT2D eigenvalue weighted by Gasteiger charge is 2.09. The van der Waals surface area contributed by atoms with Gasteiger partial charge in [-0.25, -0.2) is 4.39 Å². The second-order valence-corrected chi connectivity index (χ2v) is 6.11. The van der Waals surface area contributed by atoms with E-state index in [0.717, 1.165) is 4.47 Å². The van der Waals surface area contributed by atoms with Crippen LogP contribution in [0.15, 0.2) is 40.9 Å². The predicted octanol–water partition coefficient (Wildman–Crippen LogP) is 5.06. The standard InChI is InChI=1S/C17H19BrFN/c1-11-4-6-16(12(2)8-11)13(3)20-10-14-9-15(18)5-7-17(14)19/h4-9,13,20H,10H2,1-3H3. The van der Waals surface area contributed by atoms with E-state index < -0.39 is 0 Å². The molecule has 0 radical (unpaired) electrons. The molecule has 0 saturated carbocycles. The zero-order valence-electron chi connectivity index (χ0n) is 12.0. The van der Waals surface area contributed by atoms with E-state index in [-0.39, 0.29) is 11.9 Å². The Hall–Kier alpha value is -1.19. The minimum Gasteiger partial charge on any atom is -0.306 e. The maximum absolute atomic E-state index is 13.7. The van der Waals surface area contributed by atoms with Crippen molar-refractivity contribution in [3.8, 4) is 0 Å². The fraction of sp³-hybridized carbons (Fsp3) is 0.294. The summed E-state index contributed by atoms with van der Waals surface area (Å²) in [6.45, 7) is 6.82. The normalized spacial score (nSPS) is 12.4. The van der Waals surface area contributed by atoms with Crippen LogP contribution in [-0.4, -0.2) is 0 Å². The molecule has 0 amide bonds. The lowest BCUT2D eigenvalue weighted by molar-refractivity contribution is 0.542. The van der Waals surface area contributed by atoms with E-state index in [0.29, 0.717) is 12.1 Å². The largest absolute Gasteiger partial charge is 0.306 e. The van der Waals surface area contributed by atoms with Gasteiger partial charge >= 0.3 is 0 Å². The summed E-state index contributed by atoms with van der Waals surface area (Å²) in [5, 5.41) is 3.38. The Kier molecular flexibility index (Phi) is 4.95. The van der Waals surface area contributed by atoms with Crippen molar-refractivity contribution < 1.29 is 4.39 Å². The topological polar surface area (TPSA) is 12.0 Å². The van der Waals surface area contributed by atoms with Gasteiger partial charge in [0.15, 0.2) is 0 Å². The first-order chi connectivity index (χ1) is 9.47. The first kappa shape index (κ1) is 15.2. The Morgan fingerprint density at radius 2 is 1.90 bits per heavy atom. The molecule has 0 heterocycles. The third kappa shape index (κ3) is 3.68. The molecule has 0 bridgehead atoms. The molecular formula is C17H19BrFN. The second-order valence-electron chi connectivity index (χ2n) is 5.20. The average Bonchev–Trinajstić information content (AvgIpc) is 2.39. The van der Waals surface area contributed by atoms with Gasteiger partial charge in [-0.05, 0) is 50.1 Å². The Morgan fingerprint density at radius 1 is 1.15 bits per heavy atom. The van der Waals surface area contributed by atoms with Crippen LogP contribution >= 0.6 is 15.9 Å². The molecule has 2 aromatic carbocycles. The molecule has 0 aliphatic heterocycles. The Balaban J connectivity index is 2.08. The highest BCUT2D eigenvalue weighted by Crippen LogP contribution is 2.20. The van der Waals surface area contributed by atoms with Crippen molar-refractivity contribution in [2.24, 2.45) is 0 Å². The summed E-state index contributed by atoms with van der Waals surface area (Å²) in [6, 6.07) is 11.6. The molecule has 2 aromatic rings. The molecule has 2 rings (SSSR count). The molecule has 1 atom stereocenters. The minimum atomic E-state index is -0.173. The molecule has 3 heteroatoms. The van der Waals surface area contributed by atoms with Crippen molar-refractivity contribution >= 4 is 15.9 Å². The van der Waals surface area contributed by atoms with Gasteiger partial charge in [0.25, 0.3) is 0 Å². The summed E-state index contributed by atoms with van der Waals surface area (Å²) in [6.07, 6.45) is 0. The summed E-state index contributed by atoms with van der Waals surface area (Å²) < 4.78 is 14.6. The van der Waals surface area contributed by atoms with Crippen LogP contribution in [-0.2, 0) is 6.54 Å². The summed E-state index contributed by atoms with van der Waals surface area (Å²) in [5.74, 6) is -0.173. The van der Waals surface area contributed by atoms with Crippen LogP contribution in [0.4, 0.5) is 4.39 Å². The number of aryl methyl sites for hydroxylation is 2. The fourth-order valence-corrected chi connectivity index (χ4v) is 2.77. The SMILES string of the molecule is Cc1ccc(C(C)NCc2cc(Br)ccc2F)c(C)c1. The Bertz CT molecular complexity index is 610. The van der Waals surface area contributed by atoms with Crippen molar-refractivity contribution in [3.05, 3.63) is 68.9 Å². The van der Waals surface area contributed by atoms with Crippen LogP contribution in [0.3, 0.4) is 0 Å². The monoisotopic (exact) mass is 335 g/mol. The van der Waals surface area contributed by atoms with Gasteiger partial charge in [-0.1, -0.05) is 39.7 Å². The number of hydrogen-bond donors (Lipinski definition) is 1. The van der Waals surface area contributed by atoms with Crippen LogP contribution in [0.2, 0.25) is 0 Å². The maximum atomic E-state index is 13.7. The zero-order chi connectivity index (χ0) is 14.7. The second kappa shape index (κ2) is 6.51. The van der Waals surface area contributed by atoms with Gasteiger partial charge in [0.2, 0.25) is 0 Å². The number of benzene rings is 2. The lowest BCUT2D eigenvalue weighted by Gasteiger charge is -2.17. The molecule has 0 spiro atoms. The van der Waals surface area contributed by atoms with Gasteiger partial charge in [-0.15, -0.1) is 0 Å². The van der Waals surface area contributed by atoms with Gasteiger partial charge in [0.05, 0.1) is 0 Å². The summed E-state index contributed by atoms with van der Waals surface area (Å²) in [7, 11) is 0. The number of hydrogen-bond acceptors (Lipinski definition) is 1. The molecular weight excluding hydrogens is 317 g/mol.